The van der Waals surface area contributed by atoms with E-state index in [-0.39, 0.29) is 5.69 Å². The Morgan fingerprint density at radius 2 is 2.32 bits per heavy atom. The largest absolute Gasteiger partial charge is 0.343 e. The third-order valence-corrected chi connectivity index (χ3v) is 3.80. The molecule has 0 atom stereocenters. The van der Waals surface area contributed by atoms with Gasteiger partial charge in [-0.05, 0) is 36.4 Å². The Kier molecular flexibility index (Phi) is 4.45. The highest BCUT2D eigenvalue weighted by atomic mass is 79.9. The summed E-state index contributed by atoms with van der Waals surface area (Å²) in [6.07, 6.45) is 0.856. The molecule has 1 N–H and O–H groups in total. The van der Waals surface area contributed by atoms with E-state index in [0.717, 1.165) is 15.8 Å². The fraction of sp³-hybridized carbons (Fsp3) is 0.250. The van der Waals surface area contributed by atoms with Gasteiger partial charge in [-0.25, -0.2) is 9.89 Å². The van der Waals surface area contributed by atoms with Crippen molar-refractivity contribution in [3.63, 3.8) is 0 Å². The van der Waals surface area contributed by atoms with E-state index in [2.05, 4.69) is 32.2 Å². The van der Waals surface area contributed by atoms with Crippen LogP contribution in [0.1, 0.15) is 18.9 Å². The van der Waals surface area contributed by atoms with Crippen LogP contribution in [0.5, 0.6) is 0 Å². The Bertz CT molecular complexity index is 686. The van der Waals surface area contributed by atoms with E-state index in [1.54, 1.807) is 16.7 Å². The van der Waals surface area contributed by atoms with Gasteiger partial charge in [0.15, 0.2) is 5.16 Å². The molecule has 1 aromatic carbocycles. The molecule has 7 heteroatoms. The molecule has 0 radical (unpaired) electrons. The van der Waals surface area contributed by atoms with E-state index in [1.165, 1.54) is 11.8 Å². The fourth-order valence-corrected chi connectivity index (χ4v) is 3.20. The van der Waals surface area contributed by atoms with E-state index in [1.807, 2.05) is 13.0 Å². The van der Waals surface area contributed by atoms with Crippen LogP contribution in [0.15, 0.2) is 37.5 Å². The van der Waals surface area contributed by atoms with Crippen LogP contribution >= 0.6 is 27.7 Å². The second-order valence-electron chi connectivity index (χ2n) is 3.85. The normalized spacial score (nSPS) is 10.4. The molecule has 19 heavy (non-hydrogen) atoms. The summed E-state index contributed by atoms with van der Waals surface area (Å²) in [5.41, 5.74) is 0.358. The molecule has 0 aliphatic heterocycles. The molecule has 98 valence electrons. The first-order valence-corrected chi connectivity index (χ1v) is 7.28. The highest BCUT2D eigenvalue weighted by Crippen LogP contribution is 2.28. The van der Waals surface area contributed by atoms with E-state index < -0.39 is 0 Å². The lowest BCUT2D eigenvalue weighted by molar-refractivity contribution is 0.604. The maximum atomic E-state index is 11.6. The van der Waals surface area contributed by atoms with Crippen molar-refractivity contribution < 1.29 is 0 Å². The third kappa shape index (κ3) is 3.28. The first-order chi connectivity index (χ1) is 9.13. The summed E-state index contributed by atoms with van der Waals surface area (Å²) in [6, 6.07) is 7.50. The van der Waals surface area contributed by atoms with Crippen molar-refractivity contribution in [2.75, 3.05) is 0 Å². The third-order valence-electron chi connectivity index (χ3n) is 2.38. The smallest absolute Gasteiger partial charge is 0.270 e. The van der Waals surface area contributed by atoms with Gasteiger partial charge in [0.1, 0.15) is 0 Å². The number of nitriles is 1. The molecular weight excluding hydrogens is 328 g/mol. The van der Waals surface area contributed by atoms with Gasteiger partial charge >= 0.3 is 5.69 Å². The highest BCUT2D eigenvalue weighted by molar-refractivity contribution is 9.10. The SMILES string of the molecule is CCCn1c(Sc2cc(Br)cc(C#N)c2)n[nH]c1=O. The van der Waals surface area contributed by atoms with Crippen LogP contribution < -0.4 is 5.69 Å². The Hall–Kier alpha value is -1.52. The lowest BCUT2D eigenvalue weighted by Crippen LogP contribution is -2.17. The van der Waals surface area contributed by atoms with Crippen molar-refractivity contribution in [1.29, 1.82) is 5.26 Å². The number of hydrogen-bond acceptors (Lipinski definition) is 4. The van der Waals surface area contributed by atoms with Gasteiger partial charge in [-0.15, -0.1) is 5.10 Å². The van der Waals surface area contributed by atoms with Crippen LogP contribution in [0.2, 0.25) is 0 Å². The number of hydrogen-bond donors (Lipinski definition) is 1. The average molecular weight is 339 g/mol. The zero-order chi connectivity index (χ0) is 13.8. The van der Waals surface area contributed by atoms with Crippen LogP contribution in [0.25, 0.3) is 0 Å². The summed E-state index contributed by atoms with van der Waals surface area (Å²) in [7, 11) is 0. The molecule has 5 nitrogen and oxygen atoms in total. The van der Waals surface area contributed by atoms with Gasteiger partial charge in [0.05, 0.1) is 11.6 Å². The van der Waals surface area contributed by atoms with Crippen LogP contribution in [-0.4, -0.2) is 14.8 Å². The second kappa shape index (κ2) is 6.08. The van der Waals surface area contributed by atoms with Crippen molar-refractivity contribution in [2.24, 2.45) is 0 Å². The molecule has 0 unspecified atom stereocenters. The molecule has 0 aliphatic carbocycles. The van der Waals surface area contributed by atoms with Gasteiger partial charge in [-0.3, -0.25) is 4.57 Å². The minimum Gasteiger partial charge on any atom is -0.270 e. The summed E-state index contributed by atoms with van der Waals surface area (Å²) in [4.78, 5) is 12.4. The van der Waals surface area contributed by atoms with Gasteiger partial charge in [-0.2, -0.15) is 5.26 Å². The average Bonchev–Trinajstić information content (AvgIpc) is 2.71. The number of halogens is 1. The minimum atomic E-state index is -0.208. The molecule has 0 spiro atoms. The van der Waals surface area contributed by atoms with Crippen LogP contribution in [0.3, 0.4) is 0 Å². The Morgan fingerprint density at radius 1 is 1.53 bits per heavy atom. The van der Waals surface area contributed by atoms with Crippen molar-refractivity contribution in [1.82, 2.24) is 14.8 Å². The Balaban J connectivity index is 2.34. The predicted octanol–water partition coefficient (Wildman–Crippen LogP) is 2.77. The first-order valence-electron chi connectivity index (χ1n) is 5.67. The van der Waals surface area contributed by atoms with Crippen molar-refractivity contribution >= 4 is 27.7 Å². The molecule has 0 saturated carbocycles. The number of H-pyrrole nitrogens is 1. The number of rotatable bonds is 4. The monoisotopic (exact) mass is 338 g/mol. The number of aromatic nitrogens is 3. The lowest BCUT2D eigenvalue weighted by Gasteiger charge is -2.04. The zero-order valence-electron chi connectivity index (χ0n) is 10.2. The highest BCUT2D eigenvalue weighted by Gasteiger charge is 2.10. The summed E-state index contributed by atoms with van der Waals surface area (Å²) in [5.74, 6) is 0. The van der Waals surface area contributed by atoms with Gasteiger partial charge < -0.3 is 0 Å². The van der Waals surface area contributed by atoms with Crippen LogP contribution in [0, 0.1) is 11.3 Å². The quantitative estimate of drug-likeness (QED) is 0.929. The van der Waals surface area contributed by atoms with E-state index >= 15 is 0 Å². The summed E-state index contributed by atoms with van der Waals surface area (Å²) < 4.78 is 2.42. The summed E-state index contributed by atoms with van der Waals surface area (Å²) in [6.45, 7) is 2.62. The van der Waals surface area contributed by atoms with E-state index in [0.29, 0.717) is 17.3 Å². The molecule has 1 aromatic heterocycles. The molecule has 0 aliphatic rings. The number of nitrogens with zero attached hydrogens (tertiary/aromatic N) is 3. The molecule has 0 bridgehead atoms. The molecule has 2 aromatic rings. The first kappa shape index (κ1) is 13.9. The predicted molar refractivity (Wildman–Crippen MR) is 76.1 cm³/mol. The number of benzene rings is 1. The number of nitrogens with one attached hydrogen (secondary N) is 1. The van der Waals surface area contributed by atoms with Crippen LogP contribution in [0.4, 0.5) is 0 Å². The van der Waals surface area contributed by atoms with Gasteiger partial charge in [0.25, 0.3) is 0 Å². The summed E-state index contributed by atoms with van der Waals surface area (Å²) >= 11 is 4.72. The van der Waals surface area contributed by atoms with Crippen molar-refractivity contribution in [3.05, 3.63) is 38.7 Å². The van der Waals surface area contributed by atoms with Gasteiger partial charge in [-0.1, -0.05) is 22.9 Å². The molecular formula is C12H11BrN4OS. The van der Waals surface area contributed by atoms with Crippen LogP contribution in [-0.2, 0) is 6.54 Å². The topological polar surface area (TPSA) is 74.5 Å². The molecule has 0 amide bonds. The second-order valence-corrected chi connectivity index (χ2v) is 5.81. The Morgan fingerprint density at radius 3 is 3.00 bits per heavy atom. The zero-order valence-corrected chi connectivity index (χ0v) is 12.6. The number of aromatic amines is 1. The standard InChI is InChI=1S/C12H11BrN4OS/c1-2-3-17-11(18)15-16-12(17)19-10-5-8(7-14)4-9(13)6-10/h4-6H,2-3H2,1H3,(H,15,18). The van der Waals surface area contributed by atoms with Crippen molar-refractivity contribution in [3.8, 4) is 6.07 Å². The molecule has 1 heterocycles. The molecule has 0 saturated heterocycles. The molecule has 2 rings (SSSR count). The van der Waals surface area contributed by atoms with E-state index in [4.69, 9.17) is 5.26 Å². The van der Waals surface area contributed by atoms with Gasteiger partial charge in [0.2, 0.25) is 0 Å². The summed E-state index contributed by atoms with van der Waals surface area (Å²) in [5, 5.41) is 16.0. The fourth-order valence-electron chi connectivity index (χ4n) is 1.59. The lowest BCUT2D eigenvalue weighted by atomic mass is 10.2. The minimum absolute atomic E-state index is 0.208. The van der Waals surface area contributed by atoms with Gasteiger partial charge in [0, 0.05) is 15.9 Å². The molecule has 0 fully saturated rings. The maximum Gasteiger partial charge on any atom is 0.343 e. The maximum absolute atomic E-state index is 11.6. The van der Waals surface area contributed by atoms with E-state index in [9.17, 15) is 4.79 Å². The van der Waals surface area contributed by atoms with Crippen molar-refractivity contribution in [2.45, 2.75) is 29.9 Å². The Labute approximate surface area is 122 Å².